The zero-order valence-corrected chi connectivity index (χ0v) is 11.3. The number of hydrogen-bond donors (Lipinski definition) is 2. The highest BCUT2D eigenvalue weighted by molar-refractivity contribution is 9.10. The van der Waals surface area contributed by atoms with Gasteiger partial charge in [0.1, 0.15) is 11.7 Å². The molecule has 0 aromatic heterocycles. The number of carbonyl (C=O) groups is 1. The largest absolute Gasteiger partial charge is 0.409 e. The fourth-order valence-corrected chi connectivity index (χ4v) is 1.84. The van der Waals surface area contributed by atoms with E-state index in [-0.39, 0.29) is 24.4 Å². The van der Waals surface area contributed by atoms with Crippen LogP contribution in [-0.2, 0) is 0 Å². The van der Waals surface area contributed by atoms with Gasteiger partial charge in [0, 0.05) is 24.5 Å². The third kappa shape index (κ3) is 3.43. The summed E-state index contributed by atoms with van der Waals surface area (Å²) >= 11 is 3.13. The average Bonchev–Trinajstić information content (AvgIpc) is 2.34. The minimum absolute atomic E-state index is 0.0160. The molecule has 0 atom stereocenters. The van der Waals surface area contributed by atoms with Gasteiger partial charge < -0.3 is 15.8 Å². The van der Waals surface area contributed by atoms with Crippen molar-refractivity contribution in [3.8, 4) is 0 Å². The predicted molar refractivity (Wildman–Crippen MR) is 69.1 cm³/mol. The molecule has 1 aromatic carbocycles. The summed E-state index contributed by atoms with van der Waals surface area (Å²) in [4.78, 5) is 13.3. The monoisotopic (exact) mass is 317 g/mol. The number of halogens is 2. The van der Waals surface area contributed by atoms with Crippen LogP contribution >= 0.6 is 15.9 Å². The molecule has 98 valence electrons. The smallest absolute Gasteiger partial charge is 0.257 e. The SMILES string of the molecule is CN(CC/C(N)=N/O)C(=O)c1c(F)cccc1Br. The molecule has 0 aliphatic carbocycles. The van der Waals surface area contributed by atoms with Gasteiger partial charge in [-0.25, -0.2) is 4.39 Å². The Morgan fingerprint density at radius 2 is 2.28 bits per heavy atom. The van der Waals surface area contributed by atoms with Gasteiger partial charge in [-0.2, -0.15) is 0 Å². The fraction of sp³-hybridized carbons (Fsp3) is 0.273. The molecule has 0 unspecified atom stereocenters. The molecule has 3 N–H and O–H groups in total. The maximum absolute atomic E-state index is 13.6. The van der Waals surface area contributed by atoms with Gasteiger partial charge in [-0.15, -0.1) is 0 Å². The molecule has 1 aromatic rings. The lowest BCUT2D eigenvalue weighted by Crippen LogP contribution is -2.31. The molecule has 5 nitrogen and oxygen atoms in total. The summed E-state index contributed by atoms with van der Waals surface area (Å²) in [5, 5.41) is 11.2. The lowest BCUT2D eigenvalue weighted by molar-refractivity contribution is 0.0793. The van der Waals surface area contributed by atoms with Crippen molar-refractivity contribution >= 4 is 27.7 Å². The molecule has 0 aliphatic rings. The molecule has 0 radical (unpaired) electrons. The third-order valence-electron chi connectivity index (χ3n) is 2.36. The Kier molecular flexibility index (Phi) is 5.08. The van der Waals surface area contributed by atoms with E-state index < -0.39 is 11.7 Å². The summed E-state index contributed by atoms with van der Waals surface area (Å²) in [5.41, 5.74) is 5.27. The number of hydrogen-bond acceptors (Lipinski definition) is 3. The van der Waals surface area contributed by atoms with Crippen LogP contribution in [-0.4, -0.2) is 35.4 Å². The third-order valence-corrected chi connectivity index (χ3v) is 3.02. The normalized spacial score (nSPS) is 11.4. The fourth-order valence-electron chi connectivity index (χ4n) is 1.33. The first-order valence-corrected chi connectivity index (χ1v) is 5.92. The van der Waals surface area contributed by atoms with Crippen LogP contribution in [0.3, 0.4) is 0 Å². The topological polar surface area (TPSA) is 78.9 Å². The Bertz CT molecular complexity index is 459. The Hall–Kier alpha value is -1.63. The zero-order chi connectivity index (χ0) is 13.7. The van der Waals surface area contributed by atoms with E-state index in [0.29, 0.717) is 4.47 Å². The molecule has 0 fully saturated rings. The predicted octanol–water partition coefficient (Wildman–Crippen LogP) is 1.80. The van der Waals surface area contributed by atoms with Crippen molar-refractivity contribution in [2.45, 2.75) is 6.42 Å². The molecule has 7 heteroatoms. The molecule has 1 amide bonds. The van der Waals surface area contributed by atoms with Crippen molar-refractivity contribution in [2.24, 2.45) is 10.9 Å². The van der Waals surface area contributed by atoms with E-state index >= 15 is 0 Å². The van der Waals surface area contributed by atoms with Crippen molar-refractivity contribution in [1.29, 1.82) is 0 Å². The van der Waals surface area contributed by atoms with E-state index in [1.807, 2.05) is 0 Å². The summed E-state index contributed by atoms with van der Waals surface area (Å²) in [7, 11) is 1.52. The summed E-state index contributed by atoms with van der Waals surface area (Å²) in [6.07, 6.45) is 0.213. The molecule has 18 heavy (non-hydrogen) atoms. The molecular weight excluding hydrogens is 305 g/mol. The standard InChI is InChI=1S/C11H13BrFN3O2/c1-16(6-5-9(14)15-18)11(17)10-7(12)3-2-4-8(10)13/h2-4,18H,5-6H2,1H3,(H2,14,15). The summed E-state index contributed by atoms with van der Waals surface area (Å²) in [6.45, 7) is 0.232. The van der Waals surface area contributed by atoms with Crippen LogP contribution in [0.5, 0.6) is 0 Å². The molecule has 0 saturated carbocycles. The number of amidine groups is 1. The lowest BCUT2D eigenvalue weighted by Gasteiger charge is -2.17. The van der Waals surface area contributed by atoms with E-state index in [0.717, 1.165) is 0 Å². The van der Waals surface area contributed by atoms with Crippen LogP contribution in [0.1, 0.15) is 16.8 Å². The van der Waals surface area contributed by atoms with Crippen molar-refractivity contribution in [3.05, 3.63) is 34.1 Å². The van der Waals surface area contributed by atoms with Gasteiger partial charge in [0.2, 0.25) is 0 Å². The zero-order valence-electron chi connectivity index (χ0n) is 9.73. The van der Waals surface area contributed by atoms with Gasteiger partial charge in [0.05, 0.1) is 5.56 Å². The van der Waals surface area contributed by atoms with Gasteiger partial charge in [-0.05, 0) is 28.1 Å². The summed E-state index contributed by atoms with van der Waals surface area (Å²) in [5.74, 6) is -1.04. The Morgan fingerprint density at radius 1 is 1.61 bits per heavy atom. The highest BCUT2D eigenvalue weighted by atomic mass is 79.9. The lowest BCUT2D eigenvalue weighted by atomic mass is 10.2. The highest BCUT2D eigenvalue weighted by Crippen LogP contribution is 2.21. The van der Waals surface area contributed by atoms with Gasteiger partial charge in [-0.3, -0.25) is 4.79 Å². The van der Waals surface area contributed by atoms with Crippen LogP contribution < -0.4 is 5.73 Å². The summed E-state index contributed by atoms with van der Waals surface area (Å²) in [6, 6.07) is 4.32. The number of oxime groups is 1. The maximum Gasteiger partial charge on any atom is 0.257 e. The van der Waals surface area contributed by atoms with E-state index in [1.54, 1.807) is 6.07 Å². The van der Waals surface area contributed by atoms with Gasteiger partial charge in [0.15, 0.2) is 0 Å². The maximum atomic E-state index is 13.6. The second kappa shape index (κ2) is 6.34. The van der Waals surface area contributed by atoms with Crippen LogP contribution in [0, 0.1) is 5.82 Å². The van der Waals surface area contributed by atoms with Gasteiger partial charge >= 0.3 is 0 Å². The Labute approximate surface area is 112 Å². The second-order valence-electron chi connectivity index (χ2n) is 3.66. The molecule has 0 heterocycles. The first-order valence-electron chi connectivity index (χ1n) is 5.13. The molecule has 0 aliphatic heterocycles. The van der Waals surface area contributed by atoms with E-state index in [2.05, 4.69) is 21.1 Å². The van der Waals surface area contributed by atoms with Crippen molar-refractivity contribution < 1.29 is 14.4 Å². The number of rotatable bonds is 4. The van der Waals surface area contributed by atoms with Crippen molar-refractivity contribution in [2.75, 3.05) is 13.6 Å². The van der Waals surface area contributed by atoms with E-state index in [4.69, 9.17) is 10.9 Å². The molecular formula is C11H13BrFN3O2. The summed E-state index contributed by atoms with van der Waals surface area (Å²) < 4.78 is 14.0. The van der Waals surface area contributed by atoms with Gasteiger partial charge in [0.25, 0.3) is 5.91 Å². The Balaban J connectivity index is 2.81. The average molecular weight is 318 g/mol. The van der Waals surface area contributed by atoms with Crippen molar-refractivity contribution in [3.63, 3.8) is 0 Å². The molecule has 0 saturated heterocycles. The van der Waals surface area contributed by atoms with E-state index in [1.165, 1.54) is 24.1 Å². The number of nitrogens with two attached hydrogens (primary N) is 1. The number of carbonyl (C=O) groups excluding carboxylic acids is 1. The number of amides is 1. The van der Waals surface area contributed by atoms with Crippen LogP contribution in [0.25, 0.3) is 0 Å². The Morgan fingerprint density at radius 3 is 2.83 bits per heavy atom. The van der Waals surface area contributed by atoms with Crippen LogP contribution in [0.15, 0.2) is 27.8 Å². The number of nitrogens with zero attached hydrogens (tertiary/aromatic N) is 2. The van der Waals surface area contributed by atoms with Crippen molar-refractivity contribution in [1.82, 2.24) is 4.90 Å². The molecule has 1 rings (SSSR count). The molecule has 0 bridgehead atoms. The minimum atomic E-state index is -0.593. The quantitative estimate of drug-likeness (QED) is 0.384. The van der Waals surface area contributed by atoms with Gasteiger partial charge in [-0.1, -0.05) is 11.2 Å². The highest BCUT2D eigenvalue weighted by Gasteiger charge is 2.19. The second-order valence-corrected chi connectivity index (χ2v) is 4.52. The van der Waals surface area contributed by atoms with E-state index in [9.17, 15) is 9.18 Å². The van der Waals surface area contributed by atoms with Crippen LogP contribution in [0.4, 0.5) is 4.39 Å². The molecule has 0 spiro atoms. The minimum Gasteiger partial charge on any atom is -0.409 e. The first-order chi connectivity index (χ1) is 8.47. The number of benzene rings is 1. The first kappa shape index (κ1) is 14.4. The van der Waals surface area contributed by atoms with Crippen LogP contribution in [0.2, 0.25) is 0 Å².